The molecule has 0 saturated carbocycles. The fraction of sp³-hybridized carbons (Fsp3) is 0.182. The zero-order valence-corrected chi connectivity index (χ0v) is 16.5. The molecule has 2 aromatic carbocycles. The van der Waals surface area contributed by atoms with Crippen molar-refractivity contribution >= 4 is 28.9 Å². The summed E-state index contributed by atoms with van der Waals surface area (Å²) in [6, 6.07) is 15.7. The number of carbonyl (C=O) groups is 2. The Balaban J connectivity index is 1.66. The van der Waals surface area contributed by atoms with Crippen molar-refractivity contribution in [2.75, 3.05) is 10.6 Å². The first-order valence-electron chi connectivity index (χ1n) is 9.19. The molecule has 29 heavy (non-hydrogen) atoms. The Hall–Kier alpha value is -3.74. The van der Waals surface area contributed by atoms with Crippen LogP contribution in [0.4, 0.5) is 17.2 Å². The van der Waals surface area contributed by atoms with Gasteiger partial charge in [-0.25, -0.2) is 9.97 Å². The highest BCUT2D eigenvalue weighted by Gasteiger charge is 2.10. The maximum atomic E-state index is 12.5. The van der Waals surface area contributed by atoms with Gasteiger partial charge in [-0.3, -0.25) is 9.59 Å². The van der Waals surface area contributed by atoms with Crippen LogP contribution in [0.15, 0.2) is 60.9 Å². The van der Waals surface area contributed by atoms with E-state index in [0.29, 0.717) is 17.1 Å². The Kier molecular flexibility index (Phi) is 6.19. The van der Waals surface area contributed by atoms with E-state index in [4.69, 9.17) is 4.74 Å². The monoisotopic (exact) mass is 390 g/mol. The van der Waals surface area contributed by atoms with Gasteiger partial charge in [-0.05, 0) is 69.3 Å². The Labute approximate surface area is 169 Å². The lowest BCUT2D eigenvalue weighted by atomic mass is 10.1. The first-order valence-corrected chi connectivity index (χ1v) is 9.19. The Morgan fingerprint density at radius 2 is 1.59 bits per heavy atom. The number of hydrogen-bond acceptors (Lipinski definition) is 6. The Bertz CT molecular complexity index is 999. The van der Waals surface area contributed by atoms with E-state index in [2.05, 4.69) is 20.6 Å². The van der Waals surface area contributed by atoms with Crippen molar-refractivity contribution in [3.05, 3.63) is 72.2 Å². The molecule has 2 N–H and O–H groups in total. The lowest BCUT2D eigenvalue weighted by Gasteiger charge is -2.11. The average Bonchev–Trinajstić information content (AvgIpc) is 2.70. The van der Waals surface area contributed by atoms with Crippen LogP contribution in [0.25, 0.3) is 0 Å². The molecule has 0 radical (unpaired) electrons. The number of ether oxygens (including phenoxy) is 1. The van der Waals surface area contributed by atoms with Crippen LogP contribution in [-0.2, 0) is 0 Å². The fourth-order valence-corrected chi connectivity index (χ4v) is 2.57. The number of aromatic nitrogens is 2. The second-order valence-corrected chi connectivity index (χ2v) is 6.69. The summed E-state index contributed by atoms with van der Waals surface area (Å²) in [5.41, 5.74) is 2.19. The first kappa shape index (κ1) is 20.0. The molecule has 7 heteroatoms. The summed E-state index contributed by atoms with van der Waals surface area (Å²) in [7, 11) is 0. The minimum atomic E-state index is -0.369. The van der Waals surface area contributed by atoms with Gasteiger partial charge in [-0.1, -0.05) is 0 Å². The molecule has 1 aromatic heterocycles. The lowest BCUT2D eigenvalue weighted by molar-refractivity contribution is 0.101. The summed E-state index contributed by atoms with van der Waals surface area (Å²) in [6.45, 7) is 5.43. The highest BCUT2D eigenvalue weighted by molar-refractivity contribution is 6.03. The molecular weight excluding hydrogens is 368 g/mol. The van der Waals surface area contributed by atoms with Crippen LogP contribution in [0.5, 0.6) is 5.75 Å². The summed E-state index contributed by atoms with van der Waals surface area (Å²) in [6.07, 6.45) is 1.43. The predicted molar refractivity (Wildman–Crippen MR) is 112 cm³/mol. The molecule has 0 saturated heterocycles. The third-order valence-electron chi connectivity index (χ3n) is 3.95. The maximum Gasteiger partial charge on any atom is 0.274 e. The standard InChI is InChI=1S/C22H22N4O3/c1-14(2)29-19-10-8-17(9-11-19)25-21-12-20(23-13-24-21)22(28)26-18-6-4-16(5-7-18)15(3)27/h4-14H,1-3H3,(H,26,28)(H,23,24,25). The molecule has 0 bridgehead atoms. The van der Waals surface area contributed by atoms with Crippen LogP contribution in [0.3, 0.4) is 0 Å². The second-order valence-electron chi connectivity index (χ2n) is 6.69. The summed E-state index contributed by atoms with van der Waals surface area (Å²) >= 11 is 0. The van der Waals surface area contributed by atoms with Crippen molar-refractivity contribution < 1.29 is 14.3 Å². The molecule has 0 aliphatic rings. The molecular formula is C22H22N4O3. The van der Waals surface area contributed by atoms with Gasteiger partial charge < -0.3 is 15.4 Å². The minimum absolute atomic E-state index is 0.0294. The van der Waals surface area contributed by atoms with E-state index >= 15 is 0 Å². The maximum absolute atomic E-state index is 12.5. The third-order valence-corrected chi connectivity index (χ3v) is 3.95. The van der Waals surface area contributed by atoms with Crippen molar-refractivity contribution in [1.82, 2.24) is 9.97 Å². The van der Waals surface area contributed by atoms with Gasteiger partial charge in [-0.2, -0.15) is 0 Å². The van der Waals surface area contributed by atoms with E-state index < -0.39 is 0 Å². The summed E-state index contributed by atoms with van der Waals surface area (Å²) in [4.78, 5) is 32.0. The molecule has 3 rings (SSSR count). The van der Waals surface area contributed by atoms with Crippen molar-refractivity contribution in [2.45, 2.75) is 26.9 Å². The highest BCUT2D eigenvalue weighted by Crippen LogP contribution is 2.20. The molecule has 1 amide bonds. The van der Waals surface area contributed by atoms with E-state index in [1.807, 2.05) is 38.1 Å². The zero-order valence-electron chi connectivity index (χ0n) is 16.5. The molecule has 0 aliphatic carbocycles. The molecule has 0 aliphatic heterocycles. The van der Waals surface area contributed by atoms with Gasteiger partial charge in [0.2, 0.25) is 0 Å². The molecule has 0 atom stereocenters. The van der Waals surface area contributed by atoms with Crippen LogP contribution < -0.4 is 15.4 Å². The minimum Gasteiger partial charge on any atom is -0.491 e. The SMILES string of the molecule is CC(=O)c1ccc(NC(=O)c2cc(Nc3ccc(OC(C)C)cc3)ncn2)cc1. The second kappa shape index (κ2) is 8.97. The quantitative estimate of drug-likeness (QED) is 0.579. The summed E-state index contributed by atoms with van der Waals surface area (Å²) in [5, 5.41) is 5.90. The van der Waals surface area contributed by atoms with Gasteiger partial charge in [0, 0.05) is 23.0 Å². The molecule has 0 spiro atoms. The van der Waals surface area contributed by atoms with Crippen molar-refractivity contribution in [1.29, 1.82) is 0 Å². The zero-order chi connectivity index (χ0) is 20.8. The van der Waals surface area contributed by atoms with E-state index in [-0.39, 0.29) is 23.5 Å². The molecule has 0 fully saturated rings. The van der Waals surface area contributed by atoms with E-state index in [0.717, 1.165) is 11.4 Å². The molecule has 7 nitrogen and oxygen atoms in total. The molecule has 0 unspecified atom stereocenters. The number of nitrogens with one attached hydrogen (secondary N) is 2. The third kappa shape index (κ3) is 5.62. The van der Waals surface area contributed by atoms with Crippen LogP contribution in [0.2, 0.25) is 0 Å². The number of benzene rings is 2. The normalized spacial score (nSPS) is 10.5. The summed E-state index contributed by atoms with van der Waals surface area (Å²) < 4.78 is 5.62. The highest BCUT2D eigenvalue weighted by atomic mass is 16.5. The van der Waals surface area contributed by atoms with Crippen molar-refractivity contribution in [3.8, 4) is 5.75 Å². The van der Waals surface area contributed by atoms with Gasteiger partial charge in [0.15, 0.2) is 5.78 Å². The number of Topliss-reactive ketones (excluding diaryl/α,β-unsaturated/α-hetero) is 1. The van der Waals surface area contributed by atoms with E-state index in [1.54, 1.807) is 30.3 Å². The number of amides is 1. The van der Waals surface area contributed by atoms with Crippen LogP contribution in [0.1, 0.15) is 41.6 Å². The Morgan fingerprint density at radius 1 is 0.931 bits per heavy atom. The largest absolute Gasteiger partial charge is 0.491 e. The lowest BCUT2D eigenvalue weighted by Crippen LogP contribution is -2.14. The number of hydrogen-bond donors (Lipinski definition) is 2. The fourth-order valence-electron chi connectivity index (χ4n) is 2.57. The van der Waals surface area contributed by atoms with Gasteiger partial charge >= 0.3 is 0 Å². The van der Waals surface area contributed by atoms with Crippen molar-refractivity contribution in [3.63, 3.8) is 0 Å². The number of nitrogens with zero attached hydrogens (tertiary/aromatic N) is 2. The molecule has 3 aromatic rings. The smallest absolute Gasteiger partial charge is 0.274 e. The Morgan fingerprint density at radius 3 is 2.21 bits per heavy atom. The molecule has 148 valence electrons. The number of carbonyl (C=O) groups excluding carboxylic acids is 2. The first-order chi connectivity index (χ1) is 13.9. The molecule has 1 heterocycles. The van der Waals surface area contributed by atoms with E-state index in [1.165, 1.54) is 13.3 Å². The summed E-state index contributed by atoms with van der Waals surface area (Å²) in [5.74, 6) is 0.878. The number of anilines is 3. The van der Waals surface area contributed by atoms with Crippen LogP contribution in [0, 0.1) is 0 Å². The van der Waals surface area contributed by atoms with Gasteiger partial charge in [0.05, 0.1) is 6.10 Å². The van der Waals surface area contributed by atoms with Gasteiger partial charge in [0.25, 0.3) is 5.91 Å². The number of rotatable bonds is 7. The van der Waals surface area contributed by atoms with Gasteiger partial charge in [0.1, 0.15) is 23.6 Å². The van der Waals surface area contributed by atoms with E-state index in [9.17, 15) is 9.59 Å². The van der Waals surface area contributed by atoms with Crippen LogP contribution >= 0.6 is 0 Å². The number of ketones is 1. The predicted octanol–water partition coefficient (Wildman–Crippen LogP) is 4.46. The van der Waals surface area contributed by atoms with Crippen molar-refractivity contribution in [2.24, 2.45) is 0 Å². The van der Waals surface area contributed by atoms with Crippen LogP contribution in [-0.4, -0.2) is 27.8 Å². The van der Waals surface area contributed by atoms with Gasteiger partial charge in [-0.15, -0.1) is 0 Å². The topological polar surface area (TPSA) is 93.2 Å². The average molecular weight is 390 g/mol.